The van der Waals surface area contributed by atoms with Crippen LogP contribution in [0.15, 0.2) is 58.7 Å². The fraction of sp³-hybridized carbons (Fsp3) is 0.211. The largest absolute Gasteiger partial charge is 0.315 e. The summed E-state index contributed by atoms with van der Waals surface area (Å²) < 4.78 is 6.99. The van der Waals surface area contributed by atoms with Crippen molar-refractivity contribution < 1.29 is 4.57 Å². The summed E-state index contributed by atoms with van der Waals surface area (Å²) in [6, 6.07) is 16.8. The van der Waals surface area contributed by atoms with Crippen LogP contribution in [0.1, 0.15) is 18.9 Å². The van der Waals surface area contributed by atoms with E-state index in [0.717, 1.165) is 22.9 Å². The van der Waals surface area contributed by atoms with Crippen LogP contribution in [-0.4, -0.2) is 10.8 Å². The molecule has 0 spiro atoms. The van der Waals surface area contributed by atoms with E-state index in [1.165, 1.54) is 20.4 Å². The number of aromatic nitrogens is 2. The predicted molar refractivity (Wildman–Crippen MR) is 106 cm³/mol. The zero-order valence-electron chi connectivity index (χ0n) is 14.2. The Morgan fingerprint density at radius 2 is 1.76 bits per heavy atom. The molecule has 0 fully saturated rings. The fourth-order valence-corrected chi connectivity index (χ4v) is 5.15. The molecule has 2 aromatic heterocycles. The normalized spacial score (nSPS) is 12.8. The Kier molecular flexibility index (Phi) is 4.46. The Morgan fingerprint density at radius 3 is 2.56 bits per heavy atom. The van der Waals surface area contributed by atoms with Crippen molar-refractivity contribution >= 4 is 49.3 Å². The molecule has 0 saturated carbocycles. The van der Waals surface area contributed by atoms with Crippen LogP contribution >= 0.6 is 22.7 Å². The first-order valence-corrected chi connectivity index (χ1v) is 10.0. The maximum atomic E-state index is 4.50. The number of benzene rings is 2. The number of aryl methyl sites for hydroxylation is 2. The summed E-state index contributed by atoms with van der Waals surface area (Å²) in [4.78, 5) is 0.934. The van der Waals surface area contributed by atoms with Gasteiger partial charge in [-0.3, -0.25) is 0 Å². The number of hydrogen-bond donors (Lipinski definition) is 0. The van der Waals surface area contributed by atoms with Crippen LogP contribution in [0.5, 0.6) is 0 Å². The highest BCUT2D eigenvalue weighted by Crippen LogP contribution is 2.19. The minimum atomic E-state index is 0.885. The molecule has 0 N–H and O–H groups in total. The Labute approximate surface area is 154 Å². The lowest BCUT2D eigenvalue weighted by atomic mass is 10.3. The molecular formula is C19H19N4S2+. The van der Waals surface area contributed by atoms with Crippen LogP contribution in [0.3, 0.4) is 0 Å². The summed E-state index contributed by atoms with van der Waals surface area (Å²) in [7, 11) is 0. The number of para-hydroxylation sites is 2. The molecule has 4 nitrogen and oxygen atoms in total. The van der Waals surface area contributed by atoms with E-state index >= 15 is 0 Å². The molecule has 25 heavy (non-hydrogen) atoms. The van der Waals surface area contributed by atoms with Gasteiger partial charge >= 0.3 is 0 Å². The third kappa shape index (κ3) is 2.92. The fourth-order valence-electron chi connectivity index (χ4n) is 3.01. The summed E-state index contributed by atoms with van der Waals surface area (Å²) in [5.41, 5.74) is 2.47. The first-order chi connectivity index (χ1) is 12.3. The van der Waals surface area contributed by atoms with E-state index < -0.39 is 0 Å². The zero-order chi connectivity index (χ0) is 17.2. The van der Waals surface area contributed by atoms with E-state index in [2.05, 4.69) is 81.7 Å². The zero-order valence-corrected chi connectivity index (χ0v) is 15.8. The quantitative estimate of drug-likeness (QED) is 0.295. The molecule has 0 atom stereocenters. The second kappa shape index (κ2) is 6.90. The van der Waals surface area contributed by atoms with Crippen LogP contribution in [0.2, 0.25) is 0 Å². The SMILES string of the molecule is CCn1c(=NN=Cc2sc3ccccc3[n+]2CC)sc2ccccc21. The maximum Gasteiger partial charge on any atom is 0.283 e. The van der Waals surface area contributed by atoms with E-state index in [9.17, 15) is 0 Å². The van der Waals surface area contributed by atoms with E-state index in [1.807, 2.05) is 6.21 Å². The van der Waals surface area contributed by atoms with Gasteiger partial charge in [-0.05, 0) is 32.0 Å². The van der Waals surface area contributed by atoms with E-state index in [0.29, 0.717) is 0 Å². The first kappa shape index (κ1) is 16.2. The maximum absolute atomic E-state index is 4.50. The van der Waals surface area contributed by atoms with Gasteiger partial charge in [0.2, 0.25) is 10.3 Å². The van der Waals surface area contributed by atoms with E-state index in [1.54, 1.807) is 22.7 Å². The van der Waals surface area contributed by atoms with Gasteiger partial charge in [-0.15, -0.1) is 10.2 Å². The smallest absolute Gasteiger partial charge is 0.283 e. The number of hydrogen-bond acceptors (Lipinski definition) is 4. The number of fused-ring (bicyclic) bond motifs is 2. The predicted octanol–water partition coefficient (Wildman–Crippen LogP) is 4.18. The molecule has 0 saturated heterocycles. The molecule has 0 aliphatic carbocycles. The van der Waals surface area contributed by atoms with Crippen molar-refractivity contribution in [1.29, 1.82) is 0 Å². The highest BCUT2D eigenvalue weighted by Gasteiger charge is 2.16. The van der Waals surface area contributed by atoms with Gasteiger partial charge in [-0.1, -0.05) is 46.9 Å². The second-order valence-corrected chi connectivity index (χ2v) is 7.66. The van der Waals surface area contributed by atoms with Gasteiger partial charge in [0.05, 0.1) is 10.2 Å². The summed E-state index contributed by atoms with van der Waals surface area (Å²) in [6.07, 6.45) is 1.87. The van der Waals surface area contributed by atoms with Gasteiger partial charge in [0.25, 0.3) is 5.01 Å². The Morgan fingerprint density at radius 1 is 1.00 bits per heavy atom. The lowest BCUT2D eigenvalue weighted by molar-refractivity contribution is -0.664. The molecule has 6 heteroatoms. The summed E-state index contributed by atoms with van der Waals surface area (Å²) in [5, 5.41) is 10.0. The van der Waals surface area contributed by atoms with Crippen molar-refractivity contribution in [2.75, 3.05) is 0 Å². The van der Waals surface area contributed by atoms with Crippen LogP contribution < -0.4 is 9.37 Å². The molecule has 4 aromatic rings. The molecular weight excluding hydrogens is 348 g/mol. The highest BCUT2D eigenvalue weighted by molar-refractivity contribution is 7.19. The topological polar surface area (TPSA) is 33.5 Å². The van der Waals surface area contributed by atoms with Crippen LogP contribution in [0, 0.1) is 0 Å². The molecule has 0 radical (unpaired) electrons. The molecule has 2 heterocycles. The van der Waals surface area contributed by atoms with Gasteiger partial charge < -0.3 is 4.57 Å². The third-order valence-corrected chi connectivity index (χ3v) is 6.32. The molecule has 0 bridgehead atoms. The van der Waals surface area contributed by atoms with Gasteiger partial charge in [0.15, 0.2) is 0 Å². The van der Waals surface area contributed by atoms with Gasteiger partial charge in [-0.2, -0.15) is 4.57 Å². The van der Waals surface area contributed by atoms with Crippen molar-refractivity contribution in [2.24, 2.45) is 10.2 Å². The average Bonchev–Trinajstić information content (AvgIpc) is 3.18. The Bertz CT molecular complexity index is 1130. The molecule has 0 amide bonds. The van der Waals surface area contributed by atoms with Gasteiger partial charge in [-0.25, -0.2) is 0 Å². The van der Waals surface area contributed by atoms with Crippen molar-refractivity contribution in [3.63, 3.8) is 0 Å². The van der Waals surface area contributed by atoms with Crippen LogP contribution in [0.4, 0.5) is 0 Å². The van der Waals surface area contributed by atoms with Crippen molar-refractivity contribution in [3.05, 3.63) is 58.3 Å². The van der Waals surface area contributed by atoms with Gasteiger partial charge in [0, 0.05) is 12.6 Å². The first-order valence-electron chi connectivity index (χ1n) is 8.38. The Balaban J connectivity index is 1.77. The molecule has 2 aromatic carbocycles. The third-order valence-electron chi connectivity index (χ3n) is 4.17. The van der Waals surface area contributed by atoms with Crippen molar-refractivity contribution in [3.8, 4) is 0 Å². The molecule has 126 valence electrons. The van der Waals surface area contributed by atoms with Crippen LogP contribution in [-0.2, 0) is 13.1 Å². The molecule has 0 aliphatic rings. The lowest BCUT2D eigenvalue weighted by Crippen LogP contribution is -2.34. The number of rotatable bonds is 4. The standard InChI is InChI=1S/C19H19N4S2/c1-3-22-14-9-5-7-11-16(14)24-18(22)13-20-21-19-23(4-2)15-10-6-8-12-17(15)25-19/h5-13H,3-4H2,1-2H3/q+1. The van der Waals surface area contributed by atoms with Crippen molar-refractivity contribution in [2.45, 2.75) is 26.9 Å². The molecule has 0 aliphatic heterocycles. The monoisotopic (exact) mass is 367 g/mol. The number of thiazole rings is 2. The van der Waals surface area contributed by atoms with E-state index in [4.69, 9.17) is 0 Å². The average molecular weight is 368 g/mol. The second-order valence-electron chi connectivity index (χ2n) is 5.59. The Hall–Kier alpha value is -2.31. The lowest BCUT2D eigenvalue weighted by Gasteiger charge is -1.97. The minimum absolute atomic E-state index is 0.885. The number of nitrogens with zero attached hydrogens (tertiary/aromatic N) is 4. The van der Waals surface area contributed by atoms with Gasteiger partial charge in [0.1, 0.15) is 17.5 Å². The molecule has 4 rings (SSSR count). The molecule has 0 unspecified atom stereocenters. The van der Waals surface area contributed by atoms with Crippen LogP contribution in [0.25, 0.3) is 20.4 Å². The summed E-state index contributed by atoms with van der Waals surface area (Å²) >= 11 is 3.43. The summed E-state index contributed by atoms with van der Waals surface area (Å²) in [5.74, 6) is 0. The summed E-state index contributed by atoms with van der Waals surface area (Å²) in [6.45, 7) is 6.10. The highest BCUT2D eigenvalue weighted by atomic mass is 32.1. The minimum Gasteiger partial charge on any atom is -0.315 e. The van der Waals surface area contributed by atoms with E-state index in [-0.39, 0.29) is 0 Å². The van der Waals surface area contributed by atoms with Crippen molar-refractivity contribution in [1.82, 2.24) is 4.57 Å².